The highest BCUT2D eigenvalue weighted by Gasteiger charge is 2.38. The fourth-order valence-corrected chi connectivity index (χ4v) is 5.69. The molecule has 0 bridgehead atoms. The number of likely N-dealkylation sites (tertiary alicyclic amines) is 1. The molecular formula is C33H44N5O9P. The second-order valence-corrected chi connectivity index (χ2v) is 13.2. The molecule has 2 aromatic carbocycles. The number of benzene rings is 2. The summed E-state index contributed by atoms with van der Waals surface area (Å²) < 4.78 is 15.5. The van der Waals surface area contributed by atoms with Crippen molar-refractivity contribution in [1.29, 1.82) is 0 Å². The van der Waals surface area contributed by atoms with Crippen molar-refractivity contribution in [3.63, 3.8) is 0 Å². The van der Waals surface area contributed by atoms with Crippen molar-refractivity contribution in [2.45, 2.75) is 77.0 Å². The summed E-state index contributed by atoms with van der Waals surface area (Å²) in [5.74, 6) is -2.41. The summed E-state index contributed by atoms with van der Waals surface area (Å²) in [5.41, 5.74) is 6.70. The van der Waals surface area contributed by atoms with Crippen molar-refractivity contribution >= 4 is 43.4 Å². The molecule has 0 aliphatic carbocycles. The number of nitrogens with one attached hydrogen (secondary N) is 3. The second-order valence-electron chi connectivity index (χ2n) is 12.0. The smallest absolute Gasteiger partial charge is 0.404 e. The largest absolute Gasteiger partial charge is 0.524 e. The Balaban J connectivity index is 1.67. The van der Waals surface area contributed by atoms with Crippen molar-refractivity contribution in [2.24, 2.45) is 11.7 Å². The molecule has 15 heteroatoms. The van der Waals surface area contributed by atoms with Gasteiger partial charge in [0.2, 0.25) is 29.5 Å². The van der Waals surface area contributed by atoms with Crippen molar-refractivity contribution in [3.05, 3.63) is 71.8 Å². The van der Waals surface area contributed by atoms with Gasteiger partial charge in [-0.15, -0.1) is 0 Å². The third-order valence-electron chi connectivity index (χ3n) is 7.55. The fraction of sp³-hybridized carbons (Fsp3) is 0.424. The Morgan fingerprint density at radius 2 is 1.71 bits per heavy atom. The van der Waals surface area contributed by atoms with E-state index < -0.39 is 55.5 Å². The number of primary amides is 1. The molecule has 48 heavy (non-hydrogen) atoms. The quantitative estimate of drug-likeness (QED) is 0.106. The van der Waals surface area contributed by atoms with Gasteiger partial charge in [0.25, 0.3) is 0 Å². The summed E-state index contributed by atoms with van der Waals surface area (Å²) in [5, 5.41) is 8.35. The summed E-state index contributed by atoms with van der Waals surface area (Å²) in [6, 6.07) is 12.2. The maximum absolute atomic E-state index is 13.8. The van der Waals surface area contributed by atoms with Crippen LogP contribution in [0.4, 0.5) is 0 Å². The molecular weight excluding hydrogens is 641 g/mol. The van der Waals surface area contributed by atoms with Crippen LogP contribution < -0.4 is 26.2 Å². The molecule has 1 aliphatic heterocycles. The first-order valence-corrected chi connectivity index (χ1v) is 17.3. The van der Waals surface area contributed by atoms with Crippen LogP contribution in [-0.2, 0) is 35.1 Å². The highest BCUT2D eigenvalue weighted by molar-refractivity contribution is 7.46. The molecule has 7 N–H and O–H groups in total. The van der Waals surface area contributed by atoms with Crippen LogP contribution in [-0.4, -0.2) is 68.9 Å². The molecule has 5 amide bonds. The van der Waals surface area contributed by atoms with Crippen LogP contribution in [0.1, 0.15) is 63.5 Å². The van der Waals surface area contributed by atoms with E-state index in [4.69, 9.17) is 15.5 Å². The van der Waals surface area contributed by atoms with E-state index in [1.54, 1.807) is 0 Å². The molecule has 0 radical (unpaired) electrons. The first-order valence-electron chi connectivity index (χ1n) is 15.8. The van der Waals surface area contributed by atoms with Crippen molar-refractivity contribution in [1.82, 2.24) is 20.9 Å². The molecule has 0 unspecified atom stereocenters. The van der Waals surface area contributed by atoms with E-state index in [-0.39, 0.29) is 37.5 Å². The highest BCUT2D eigenvalue weighted by Crippen LogP contribution is 2.37. The Morgan fingerprint density at radius 3 is 2.33 bits per heavy atom. The summed E-state index contributed by atoms with van der Waals surface area (Å²) in [7, 11) is -4.70. The van der Waals surface area contributed by atoms with E-state index in [1.807, 2.05) is 44.2 Å². The molecule has 14 nitrogen and oxygen atoms in total. The summed E-state index contributed by atoms with van der Waals surface area (Å²) in [6.45, 7) is 4.36. The minimum atomic E-state index is -4.70. The molecule has 0 aromatic heterocycles. The molecule has 1 heterocycles. The summed E-state index contributed by atoms with van der Waals surface area (Å²) >= 11 is 0. The predicted octanol–water partition coefficient (Wildman–Crippen LogP) is 2.15. The van der Waals surface area contributed by atoms with Gasteiger partial charge in [0.15, 0.2) is 0 Å². The lowest BCUT2D eigenvalue weighted by Gasteiger charge is -2.30. The predicted molar refractivity (Wildman–Crippen MR) is 178 cm³/mol. The minimum Gasteiger partial charge on any atom is -0.404 e. The summed E-state index contributed by atoms with van der Waals surface area (Å²) in [4.78, 5) is 84.0. The second kappa shape index (κ2) is 18.1. The Morgan fingerprint density at radius 1 is 1.02 bits per heavy atom. The third-order valence-corrected chi connectivity index (χ3v) is 8.00. The minimum absolute atomic E-state index is 0.0302. The Kier molecular flexibility index (Phi) is 14.3. The van der Waals surface area contributed by atoms with Gasteiger partial charge in [-0.2, -0.15) is 0 Å². The van der Waals surface area contributed by atoms with E-state index in [0.29, 0.717) is 31.4 Å². The van der Waals surface area contributed by atoms with Gasteiger partial charge >= 0.3 is 7.82 Å². The highest BCUT2D eigenvalue weighted by atomic mass is 31.2. The number of nitrogens with zero attached hydrogens (tertiary/aromatic N) is 1. The van der Waals surface area contributed by atoms with Gasteiger partial charge in [-0.25, -0.2) is 4.57 Å². The number of carbonyl (C=O) groups is 5. The normalized spacial score (nSPS) is 15.9. The molecule has 0 saturated carbocycles. The number of amides is 5. The Bertz CT molecular complexity index is 1490. The van der Waals surface area contributed by atoms with Gasteiger partial charge in [0, 0.05) is 25.6 Å². The number of carbonyl (C=O) groups excluding carboxylic acids is 5. The van der Waals surface area contributed by atoms with Gasteiger partial charge < -0.3 is 31.1 Å². The zero-order valence-corrected chi connectivity index (χ0v) is 27.9. The lowest BCUT2D eigenvalue weighted by molar-refractivity contribution is -0.142. The zero-order chi connectivity index (χ0) is 35.3. The van der Waals surface area contributed by atoms with Crippen LogP contribution in [0.25, 0.3) is 6.08 Å². The Hall–Kier alpha value is -4.52. The van der Waals surface area contributed by atoms with Crippen LogP contribution in [0, 0.1) is 5.92 Å². The number of hydrogen-bond donors (Lipinski definition) is 6. The van der Waals surface area contributed by atoms with Gasteiger partial charge in [-0.05, 0) is 67.4 Å². The number of phosphoric ester groups is 1. The number of hydrogen-bond acceptors (Lipinski definition) is 7. The molecule has 3 rings (SSSR count). The molecule has 0 spiro atoms. The van der Waals surface area contributed by atoms with E-state index in [2.05, 4.69) is 20.5 Å². The van der Waals surface area contributed by atoms with Crippen LogP contribution in [0.3, 0.4) is 0 Å². The molecule has 1 aliphatic rings. The van der Waals surface area contributed by atoms with Crippen LogP contribution in [0.5, 0.6) is 5.75 Å². The average Bonchev–Trinajstić information content (AvgIpc) is 3.52. The third kappa shape index (κ3) is 12.9. The van der Waals surface area contributed by atoms with Gasteiger partial charge in [-0.3, -0.25) is 33.8 Å². The number of nitrogens with two attached hydrogens (primary N) is 1. The van der Waals surface area contributed by atoms with Gasteiger partial charge in [0.05, 0.1) is 0 Å². The van der Waals surface area contributed by atoms with Crippen LogP contribution in [0.15, 0.2) is 60.7 Å². The molecule has 260 valence electrons. The SMILES string of the molecule is CC(C)C[C@H](NC(=O)/C=C/c1ccc(OP(=O)(O)O)cc1)C(=O)N1CCC[C@H]1C(=O)N[C@@H](CCCC(N)=O)C(=O)NCc1ccccc1. The molecule has 2 aromatic rings. The van der Waals surface area contributed by atoms with Crippen molar-refractivity contribution in [2.75, 3.05) is 6.54 Å². The monoisotopic (exact) mass is 685 g/mol. The van der Waals surface area contributed by atoms with Gasteiger partial charge in [0.1, 0.15) is 23.9 Å². The van der Waals surface area contributed by atoms with Crippen molar-refractivity contribution in [3.8, 4) is 5.75 Å². The van der Waals surface area contributed by atoms with E-state index in [9.17, 15) is 28.5 Å². The maximum atomic E-state index is 13.8. The topological polar surface area (TPSA) is 217 Å². The van der Waals surface area contributed by atoms with E-state index >= 15 is 0 Å². The number of rotatable bonds is 17. The van der Waals surface area contributed by atoms with Crippen molar-refractivity contribution < 1.29 is 42.8 Å². The lowest BCUT2D eigenvalue weighted by Crippen LogP contribution is -2.56. The fourth-order valence-electron chi connectivity index (χ4n) is 5.29. The van der Waals surface area contributed by atoms with Crippen LogP contribution >= 0.6 is 7.82 Å². The Labute approximate surface area is 279 Å². The molecule has 1 saturated heterocycles. The lowest BCUT2D eigenvalue weighted by atomic mass is 10.0. The van der Waals surface area contributed by atoms with Gasteiger partial charge in [-0.1, -0.05) is 56.3 Å². The maximum Gasteiger partial charge on any atom is 0.524 e. The standard InChI is InChI=1S/C33H44N5O9P/c1-22(2)20-27(36-30(40)18-15-23-13-16-25(17-14-23)47-48(44,45)46)33(43)38-19-7-11-28(38)32(42)37-26(10-6-12-29(34)39)31(41)35-21-24-8-4-3-5-9-24/h3-5,8-9,13-18,22,26-28H,6-7,10-12,19-21H2,1-2H3,(H2,34,39)(H,35,41)(H,36,40)(H,37,42)(H2,44,45,46)/b18-15+/t26-,27-,28-/m0/s1. The molecule has 3 atom stereocenters. The molecule has 1 fully saturated rings. The summed E-state index contributed by atoms with van der Waals surface area (Å²) in [6.07, 6.45) is 4.46. The number of phosphoric acid groups is 1. The van der Waals surface area contributed by atoms with E-state index in [0.717, 1.165) is 5.56 Å². The van der Waals surface area contributed by atoms with E-state index in [1.165, 1.54) is 41.3 Å². The zero-order valence-electron chi connectivity index (χ0n) is 27.0. The first kappa shape index (κ1) is 37.9. The first-order chi connectivity index (χ1) is 22.7. The van der Waals surface area contributed by atoms with Crippen LogP contribution in [0.2, 0.25) is 0 Å². The average molecular weight is 686 g/mol.